The van der Waals surface area contributed by atoms with Crippen molar-refractivity contribution in [1.82, 2.24) is 4.98 Å². The van der Waals surface area contributed by atoms with Gasteiger partial charge >= 0.3 is 0 Å². The number of hydrogen-bond acceptors (Lipinski definition) is 2. The molecule has 2 rings (SSSR count). The second kappa shape index (κ2) is 3.66. The van der Waals surface area contributed by atoms with Gasteiger partial charge in [-0.15, -0.1) is 0 Å². The normalized spacial score (nSPS) is 10.4. The van der Waals surface area contributed by atoms with Crippen LogP contribution in [0.1, 0.15) is 6.92 Å². The molecule has 0 unspecified atom stereocenters. The smallest absolute Gasteiger partial charge is 0.115 e. The Kier molecular flexibility index (Phi) is 2.35. The van der Waals surface area contributed by atoms with Crippen LogP contribution < -0.4 is 4.90 Å². The lowest BCUT2D eigenvalue weighted by Gasteiger charge is -2.15. The fourth-order valence-corrected chi connectivity index (χ4v) is 1.37. The average molecular weight is 185 g/mol. The molecule has 1 radical (unpaired) electrons. The van der Waals surface area contributed by atoms with Gasteiger partial charge in [-0.2, -0.15) is 0 Å². The van der Waals surface area contributed by atoms with E-state index in [2.05, 4.69) is 35.1 Å². The number of para-hydroxylation sites is 1. The lowest BCUT2D eigenvalue weighted by molar-refractivity contribution is 0.963. The van der Waals surface area contributed by atoms with Gasteiger partial charge in [0.1, 0.15) is 6.20 Å². The van der Waals surface area contributed by atoms with Crippen molar-refractivity contribution >= 4 is 16.6 Å². The van der Waals surface area contributed by atoms with E-state index < -0.39 is 0 Å². The molecule has 2 heteroatoms. The van der Waals surface area contributed by atoms with E-state index >= 15 is 0 Å². The first kappa shape index (κ1) is 9.00. The molecule has 0 aliphatic carbocycles. The van der Waals surface area contributed by atoms with Gasteiger partial charge < -0.3 is 4.90 Å². The molecule has 0 fully saturated rings. The second-order valence-corrected chi connectivity index (χ2v) is 3.33. The highest BCUT2D eigenvalue weighted by molar-refractivity contribution is 5.81. The Bertz CT molecular complexity index is 437. The summed E-state index contributed by atoms with van der Waals surface area (Å²) in [7, 11) is 2.04. The molecule has 14 heavy (non-hydrogen) atoms. The summed E-state index contributed by atoms with van der Waals surface area (Å²) >= 11 is 0. The SMILES string of the molecule is CCN(C)c1[c]nc2ccccc2c1. The molecule has 2 aromatic rings. The summed E-state index contributed by atoms with van der Waals surface area (Å²) in [6, 6.07) is 10.2. The molecule has 0 saturated carbocycles. The van der Waals surface area contributed by atoms with Gasteiger partial charge in [0, 0.05) is 19.0 Å². The van der Waals surface area contributed by atoms with E-state index in [-0.39, 0.29) is 0 Å². The molecule has 71 valence electrons. The fourth-order valence-electron chi connectivity index (χ4n) is 1.37. The van der Waals surface area contributed by atoms with Gasteiger partial charge in [-0.1, -0.05) is 18.2 Å². The number of rotatable bonds is 2. The second-order valence-electron chi connectivity index (χ2n) is 3.33. The third-order valence-corrected chi connectivity index (χ3v) is 2.41. The molecule has 0 amide bonds. The Morgan fingerprint density at radius 2 is 2.14 bits per heavy atom. The van der Waals surface area contributed by atoms with Gasteiger partial charge in [0.15, 0.2) is 0 Å². The van der Waals surface area contributed by atoms with Crippen LogP contribution in [0.25, 0.3) is 10.9 Å². The summed E-state index contributed by atoms with van der Waals surface area (Å²) in [5, 5.41) is 1.17. The van der Waals surface area contributed by atoms with Crippen molar-refractivity contribution in [3.8, 4) is 0 Å². The van der Waals surface area contributed by atoms with Crippen molar-refractivity contribution < 1.29 is 0 Å². The zero-order chi connectivity index (χ0) is 9.97. The predicted molar refractivity (Wildman–Crippen MR) is 59.5 cm³/mol. The molecule has 0 atom stereocenters. The molecule has 1 aromatic heterocycles. The van der Waals surface area contributed by atoms with Crippen LogP contribution in [-0.4, -0.2) is 18.6 Å². The minimum absolute atomic E-state index is 0.969. The highest BCUT2D eigenvalue weighted by atomic mass is 15.1. The summed E-state index contributed by atoms with van der Waals surface area (Å²) in [6.07, 6.45) is 3.04. The number of nitrogens with zero attached hydrogens (tertiary/aromatic N) is 2. The topological polar surface area (TPSA) is 16.1 Å². The lowest BCUT2D eigenvalue weighted by atomic mass is 10.2. The van der Waals surface area contributed by atoms with Crippen LogP contribution in [0.15, 0.2) is 30.3 Å². The number of fused-ring (bicyclic) bond motifs is 1. The maximum Gasteiger partial charge on any atom is 0.115 e. The van der Waals surface area contributed by atoms with Crippen molar-refractivity contribution in [1.29, 1.82) is 0 Å². The van der Waals surface area contributed by atoms with E-state index in [0.717, 1.165) is 17.7 Å². The third kappa shape index (κ3) is 1.55. The largest absolute Gasteiger partial charge is 0.373 e. The molecule has 1 aromatic carbocycles. The molecule has 0 aliphatic rings. The third-order valence-electron chi connectivity index (χ3n) is 2.41. The Morgan fingerprint density at radius 1 is 1.36 bits per heavy atom. The minimum atomic E-state index is 0.969. The molecule has 0 saturated heterocycles. The molecule has 0 N–H and O–H groups in total. The number of anilines is 1. The number of benzene rings is 1. The van der Waals surface area contributed by atoms with Crippen LogP contribution in [0.3, 0.4) is 0 Å². The van der Waals surface area contributed by atoms with E-state index in [1.54, 1.807) is 0 Å². The molecular weight excluding hydrogens is 172 g/mol. The van der Waals surface area contributed by atoms with E-state index in [1.165, 1.54) is 5.39 Å². The van der Waals surface area contributed by atoms with Crippen LogP contribution >= 0.6 is 0 Å². The van der Waals surface area contributed by atoms with Crippen LogP contribution in [0.4, 0.5) is 5.69 Å². The van der Waals surface area contributed by atoms with E-state index in [9.17, 15) is 0 Å². The average Bonchev–Trinajstić information content (AvgIpc) is 2.27. The van der Waals surface area contributed by atoms with E-state index in [4.69, 9.17) is 0 Å². The zero-order valence-corrected chi connectivity index (χ0v) is 8.49. The van der Waals surface area contributed by atoms with Crippen molar-refractivity contribution in [2.45, 2.75) is 6.92 Å². The van der Waals surface area contributed by atoms with Crippen LogP contribution in [0.2, 0.25) is 0 Å². The first-order valence-electron chi connectivity index (χ1n) is 4.80. The maximum atomic E-state index is 4.28. The molecule has 0 bridgehead atoms. The minimum Gasteiger partial charge on any atom is -0.373 e. The van der Waals surface area contributed by atoms with Gasteiger partial charge in [0.05, 0.1) is 11.2 Å². The number of hydrogen-bond donors (Lipinski definition) is 0. The first-order chi connectivity index (χ1) is 6.81. The number of pyridine rings is 1. The van der Waals surface area contributed by atoms with E-state index in [0.29, 0.717) is 0 Å². The molecule has 0 aliphatic heterocycles. The van der Waals surface area contributed by atoms with Crippen molar-refractivity contribution in [3.05, 3.63) is 36.5 Å². The van der Waals surface area contributed by atoms with Gasteiger partial charge in [-0.3, -0.25) is 0 Å². The van der Waals surface area contributed by atoms with Crippen LogP contribution in [-0.2, 0) is 0 Å². The Balaban J connectivity index is 2.51. The highest BCUT2D eigenvalue weighted by Gasteiger charge is 2.00. The fraction of sp³-hybridized carbons (Fsp3) is 0.250. The standard InChI is InChI=1S/C12H13N2/c1-3-14(2)11-8-10-6-4-5-7-12(10)13-9-11/h4-8H,3H2,1-2H3. The molecule has 2 nitrogen and oxygen atoms in total. The van der Waals surface area contributed by atoms with Crippen LogP contribution in [0, 0.1) is 6.20 Å². The summed E-state index contributed by atoms with van der Waals surface area (Å²) in [6.45, 7) is 3.08. The Labute approximate surface area is 84.2 Å². The van der Waals surface area contributed by atoms with Gasteiger partial charge in [-0.05, 0) is 19.1 Å². The maximum absolute atomic E-state index is 4.28. The molecule has 0 spiro atoms. The summed E-state index contributed by atoms with van der Waals surface area (Å²) < 4.78 is 0. The summed E-state index contributed by atoms with van der Waals surface area (Å²) in [5.41, 5.74) is 2.05. The van der Waals surface area contributed by atoms with Gasteiger partial charge in [0.25, 0.3) is 0 Å². The molecule has 1 heterocycles. The Hall–Kier alpha value is -1.57. The van der Waals surface area contributed by atoms with Crippen molar-refractivity contribution in [2.24, 2.45) is 0 Å². The summed E-state index contributed by atoms with van der Waals surface area (Å²) in [5.74, 6) is 0. The predicted octanol–water partition coefficient (Wildman–Crippen LogP) is 2.49. The highest BCUT2D eigenvalue weighted by Crippen LogP contribution is 2.17. The first-order valence-corrected chi connectivity index (χ1v) is 4.80. The van der Waals surface area contributed by atoms with Crippen LogP contribution in [0.5, 0.6) is 0 Å². The lowest BCUT2D eigenvalue weighted by Crippen LogP contribution is -2.15. The van der Waals surface area contributed by atoms with Crippen molar-refractivity contribution in [2.75, 3.05) is 18.5 Å². The number of aromatic nitrogens is 1. The van der Waals surface area contributed by atoms with Gasteiger partial charge in [-0.25, -0.2) is 4.98 Å². The quantitative estimate of drug-likeness (QED) is 0.714. The summed E-state index contributed by atoms with van der Waals surface area (Å²) in [4.78, 5) is 6.41. The van der Waals surface area contributed by atoms with Crippen molar-refractivity contribution in [3.63, 3.8) is 0 Å². The van der Waals surface area contributed by atoms with E-state index in [1.807, 2.05) is 25.2 Å². The molecular formula is C12H13N2. The van der Waals surface area contributed by atoms with Gasteiger partial charge in [0.2, 0.25) is 0 Å². The zero-order valence-electron chi connectivity index (χ0n) is 8.49. The Morgan fingerprint density at radius 3 is 2.93 bits per heavy atom. The monoisotopic (exact) mass is 185 g/mol.